The van der Waals surface area contributed by atoms with Crippen LogP contribution in [-0.2, 0) is 7.05 Å². The van der Waals surface area contributed by atoms with Crippen LogP contribution in [0, 0.1) is 6.92 Å². The number of fused-ring (bicyclic) bond motifs is 1. The maximum Gasteiger partial charge on any atom is 0.335 e. The summed E-state index contributed by atoms with van der Waals surface area (Å²) < 4.78 is 12.8. The molecule has 5 rings (SSSR count). The molecule has 1 unspecified atom stereocenters. The quantitative estimate of drug-likeness (QED) is 0.332. The van der Waals surface area contributed by atoms with Crippen molar-refractivity contribution in [2.45, 2.75) is 13.0 Å². The predicted octanol–water partition coefficient (Wildman–Crippen LogP) is 4.83. The molecular weight excluding hydrogens is 484 g/mol. The number of hydrogen-bond donors (Lipinski definition) is 1. The van der Waals surface area contributed by atoms with Gasteiger partial charge < -0.3 is 19.2 Å². The Morgan fingerprint density at radius 3 is 2.24 bits per heavy atom. The van der Waals surface area contributed by atoms with E-state index in [0.717, 1.165) is 16.7 Å². The highest BCUT2D eigenvalue weighted by molar-refractivity contribution is 5.87. The summed E-state index contributed by atoms with van der Waals surface area (Å²) in [4.78, 5) is 36.1. The maximum atomic E-state index is 13.4. The number of anilines is 1. The van der Waals surface area contributed by atoms with Crippen molar-refractivity contribution in [1.29, 1.82) is 0 Å². The highest BCUT2D eigenvalue weighted by Gasteiger charge is 2.27. The smallest absolute Gasteiger partial charge is 0.335 e. The van der Waals surface area contributed by atoms with Gasteiger partial charge in [0.15, 0.2) is 11.3 Å². The molecule has 38 heavy (non-hydrogen) atoms. The van der Waals surface area contributed by atoms with Crippen LogP contribution in [0.2, 0.25) is 0 Å². The number of rotatable bonds is 7. The fourth-order valence-corrected chi connectivity index (χ4v) is 4.50. The molecule has 3 aromatic carbocycles. The molecule has 0 saturated heterocycles. The Kier molecular flexibility index (Phi) is 6.42. The third-order valence-corrected chi connectivity index (χ3v) is 6.50. The number of hydrogen-bond acceptors (Lipinski definition) is 7. The zero-order valence-electron chi connectivity index (χ0n) is 21.4. The van der Waals surface area contributed by atoms with Crippen molar-refractivity contribution in [2.24, 2.45) is 7.05 Å². The molecule has 9 heteroatoms. The molecule has 2 aromatic heterocycles. The van der Waals surface area contributed by atoms with E-state index in [0.29, 0.717) is 17.0 Å². The summed E-state index contributed by atoms with van der Waals surface area (Å²) in [5, 5.41) is 9.37. The van der Waals surface area contributed by atoms with Crippen molar-refractivity contribution in [2.75, 3.05) is 19.1 Å². The van der Waals surface area contributed by atoms with E-state index in [2.05, 4.69) is 4.98 Å². The van der Waals surface area contributed by atoms with Gasteiger partial charge in [0.05, 0.1) is 18.7 Å². The molecule has 1 N–H and O–H groups in total. The van der Waals surface area contributed by atoms with Crippen molar-refractivity contribution in [3.8, 4) is 17.3 Å². The molecule has 5 aromatic rings. The molecule has 0 aliphatic heterocycles. The average Bonchev–Trinajstić information content (AvgIpc) is 3.35. The minimum absolute atomic E-state index is 0.0221. The van der Waals surface area contributed by atoms with Gasteiger partial charge in [-0.3, -0.25) is 9.36 Å². The first-order valence-electron chi connectivity index (χ1n) is 11.9. The summed E-state index contributed by atoms with van der Waals surface area (Å²) >= 11 is 0. The summed E-state index contributed by atoms with van der Waals surface area (Å²) in [5.74, 6) is -0.457. The van der Waals surface area contributed by atoms with Gasteiger partial charge in [-0.2, -0.15) is 0 Å². The van der Waals surface area contributed by atoms with E-state index in [1.165, 1.54) is 11.7 Å². The number of ether oxygens (including phenoxy) is 1. The fourth-order valence-electron chi connectivity index (χ4n) is 4.50. The second-order valence-electron chi connectivity index (χ2n) is 9.00. The molecule has 0 amide bonds. The minimum atomic E-state index is -1.00. The van der Waals surface area contributed by atoms with Gasteiger partial charge in [0.2, 0.25) is 11.7 Å². The van der Waals surface area contributed by atoms with Gasteiger partial charge in [-0.1, -0.05) is 54.1 Å². The van der Waals surface area contributed by atoms with Crippen LogP contribution >= 0.6 is 0 Å². The molecule has 9 nitrogen and oxygen atoms in total. The minimum Gasteiger partial charge on any atom is -0.489 e. The molecule has 192 valence electrons. The van der Waals surface area contributed by atoms with Gasteiger partial charge in [0.25, 0.3) is 11.4 Å². The number of benzene rings is 3. The fraction of sp³-hybridized carbons (Fsp3) is 0.172. The van der Waals surface area contributed by atoms with E-state index in [9.17, 15) is 14.7 Å². The lowest BCUT2D eigenvalue weighted by molar-refractivity contribution is 0.0697. The first kappa shape index (κ1) is 24.8. The van der Waals surface area contributed by atoms with Crippen LogP contribution in [0.3, 0.4) is 0 Å². The second kappa shape index (κ2) is 9.85. The molecule has 1 atom stereocenters. The Labute approximate surface area is 218 Å². The van der Waals surface area contributed by atoms with Gasteiger partial charge in [-0.05, 0) is 42.3 Å². The normalized spacial score (nSPS) is 11.9. The molecule has 0 spiro atoms. The van der Waals surface area contributed by atoms with Crippen molar-refractivity contribution < 1.29 is 19.1 Å². The third kappa shape index (κ3) is 4.39. The van der Waals surface area contributed by atoms with Crippen LogP contribution in [0.15, 0.2) is 82.0 Å². The molecule has 0 aliphatic rings. The number of methoxy groups -OCH3 is 1. The van der Waals surface area contributed by atoms with E-state index >= 15 is 0 Å². The van der Waals surface area contributed by atoms with Crippen molar-refractivity contribution in [3.63, 3.8) is 0 Å². The standard InChI is InChI=1S/C29H26N4O5/c1-17-9-11-18(12-10-17)24(19-13-15-20(16-14-19)28(35)36)32(2)29-31-23(25(37-4)27(34)33(29)3)26-30-21-7-5-6-8-22(21)38-26/h5-16,24H,1-4H3,(H,35,36). The van der Waals surface area contributed by atoms with Crippen LogP contribution in [0.25, 0.3) is 22.7 Å². The summed E-state index contributed by atoms with van der Waals surface area (Å²) in [5.41, 5.74) is 4.06. The number of nitrogens with zero attached hydrogens (tertiary/aromatic N) is 4. The lowest BCUT2D eigenvalue weighted by Crippen LogP contribution is -2.33. The molecule has 0 fully saturated rings. The van der Waals surface area contributed by atoms with Gasteiger partial charge in [0.1, 0.15) is 5.52 Å². The van der Waals surface area contributed by atoms with E-state index in [-0.39, 0.29) is 28.9 Å². The highest BCUT2D eigenvalue weighted by Crippen LogP contribution is 2.34. The first-order valence-corrected chi connectivity index (χ1v) is 11.9. The van der Waals surface area contributed by atoms with E-state index in [1.54, 1.807) is 37.4 Å². The van der Waals surface area contributed by atoms with Crippen LogP contribution in [0.4, 0.5) is 5.95 Å². The first-order chi connectivity index (χ1) is 18.3. The number of para-hydroxylation sites is 2. The van der Waals surface area contributed by atoms with E-state index in [4.69, 9.17) is 14.1 Å². The summed E-state index contributed by atoms with van der Waals surface area (Å²) in [6.07, 6.45) is 0. The van der Waals surface area contributed by atoms with Crippen molar-refractivity contribution in [1.82, 2.24) is 14.5 Å². The maximum absolute atomic E-state index is 13.4. The molecule has 2 heterocycles. The molecule has 0 radical (unpaired) electrons. The summed E-state index contributed by atoms with van der Waals surface area (Å²) in [6.45, 7) is 2.01. The van der Waals surface area contributed by atoms with Crippen LogP contribution in [0.1, 0.15) is 33.1 Å². The van der Waals surface area contributed by atoms with Gasteiger partial charge in [-0.25, -0.2) is 14.8 Å². The molecule has 0 saturated carbocycles. The van der Waals surface area contributed by atoms with Gasteiger partial charge >= 0.3 is 5.97 Å². The lowest BCUT2D eigenvalue weighted by Gasteiger charge is -2.31. The number of aromatic nitrogens is 3. The van der Waals surface area contributed by atoms with Crippen molar-refractivity contribution >= 4 is 23.0 Å². The van der Waals surface area contributed by atoms with Crippen LogP contribution in [-0.4, -0.2) is 39.8 Å². The number of aromatic carboxylic acids is 1. The Hall–Kier alpha value is -4.92. The number of oxazole rings is 1. The highest BCUT2D eigenvalue weighted by atomic mass is 16.5. The Morgan fingerprint density at radius 1 is 1.00 bits per heavy atom. The predicted molar refractivity (Wildman–Crippen MR) is 144 cm³/mol. The molecule has 0 bridgehead atoms. The summed E-state index contributed by atoms with van der Waals surface area (Å²) in [6, 6.07) is 21.6. The molecule has 0 aliphatic carbocycles. The second-order valence-corrected chi connectivity index (χ2v) is 9.00. The Balaban J connectivity index is 1.68. The average molecular weight is 511 g/mol. The third-order valence-electron chi connectivity index (χ3n) is 6.50. The molecular formula is C29H26N4O5. The van der Waals surface area contributed by atoms with Crippen LogP contribution < -0.4 is 15.2 Å². The Morgan fingerprint density at radius 2 is 1.63 bits per heavy atom. The SMILES string of the molecule is COc1c(-c2nc3ccccc3o2)nc(N(C)C(c2ccc(C)cc2)c2ccc(C(=O)O)cc2)n(C)c1=O. The van der Waals surface area contributed by atoms with E-state index in [1.807, 2.05) is 61.3 Å². The zero-order valence-corrected chi connectivity index (χ0v) is 21.4. The van der Waals surface area contributed by atoms with Gasteiger partial charge in [0, 0.05) is 14.1 Å². The number of carboxylic acids is 1. The number of aryl methyl sites for hydroxylation is 1. The zero-order chi connectivity index (χ0) is 27.0. The Bertz CT molecular complexity index is 1650. The number of carbonyl (C=O) groups is 1. The number of carboxylic acid groups (broad SMARTS) is 1. The topological polar surface area (TPSA) is 111 Å². The summed E-state index contributed by atoms with van der Waals surface area (Å²) in [7, 11) is 4.87. The largest absolute Gasteiger partial charge is 0.489 e. The van der Waals surface area contributed by atoms with E-state index < -0.39 is 11.5 Å². The van der Waals surface area contributed by atoms with Crippen molar-refractivity contribution in [3.05, 3.63) is 105 Å². The van der Waals surface area contributed by atoms with Gasteiger partial charge in [-0.15, -0.1) is 0 Å². The van der Waals surface area contributed by atoms with Crippen LogP contribution in [0.5, 0.6) is 5.75 Å². The monoisotopic (exact) mass is 510 g/mol. The lowest BCUT2D eigenvalue weighted by atomic mass is 9.96.